The highest BCUT2D eigenvalue weighted by molar-refractivity contribution is 7.92. The van der Waals surface area contributed by atoms with Gasteiger partial charge in [0.05, 0.1) is 25.1 Å². The quantitative estimate of drug-likeness (QED) is 0.784. The van der Waals surface area contributed by atoms with Crippen molar-refractivity contribution in [2.24, 2.45) is 0 Å². The van der Waals surface area contributed by atoms with Crippen LogP contribution >= 0.6 is 0 Å². The molecular formula is C22H28N2O4S. The Labute approximate surface area is 172 Å². The fraction of sp³-hybridized carbons (Fsp3) is 0.409. The van der Waals surface area contributed by atoms with Gasteiger partial charge in [0.15, 0.2) is 0 Å². The van der Waals surface area contributed by atoms with Gasteiger partial charge in [-0.2, -0.15) is 0 Å². The number of aryl methyl sites for hydroxylation is 3. The van der Waals surface area contributed by atoms with Crippen molar-refractivity contribution < 1.29 is 17.9 Å². The van der Waals surface area contributed by atoms with Crippen LogP contribution in [0, 0.1) is 13.8 Å². The minimum absolute atomic E-state index is 0.128. The van der Waals surface area contributed by atoms with Crippen molar-refractivity contribution in [1.29, 1.82) is 0 Å². The van der Waals surface area contributed by atoms with Crippen molar-refractivity contribution in [3.63, 3.8) is 0 Å². The van der Waals surface area contributed by atoms with Gasteiger partial charge in [-0.1, -0.05) is 24.3 Å². The first-order valence-corrected chi connectivity index (χ1v) is 11.6. The monoisotopic (exact) mass is 416 g/mol. The summed E-state index contributed by atoms with van der Waals surface area (Å²) in [5, 5.41) is 3.04. The molecule has 7 heteroatoms. The molecule has 6 nitrogen and oxygen atoms in total. The van der Waals surface area contributed by atoms with Crippen LogP contribution in [0.15, 0.2) is 36.4 Å². The molecule has 0 saturated carbocycles. The molecule has 0 saturated heterocycles. The van der Waals surface area contributed by atoms with Gasteiger partial charge in [-0.05, 0) is 67.5 Å². The summed E-state index contributed by atoms with van der Waals surface area (Å²) in [5.41, 5.74) is 4.44. The molecule has 0 bridgehead atoms. The van der Waals surface area contributed by atoms with Crippen LogP contribution in [0.5, 0.6) is 5.75 Å². The number of anilines is 1. The summed E-state index contributed by atoms with van der Waals surface area (Å²) in [5.74, 6) is 0.487. The third-order valence-electron chi connectivity index (χ3n) is 5.38. The Morgan fingerprint density at radius 3 is 2.52 bits per heavy atom. The third-order valence-corrected chi connectivity index (χ3v) is 6.49. The number of methoxy groups -OCH3 is 1. The number of nitrogens with one attached hydrogen (secondary N) is 1. The highest BCUT2D eigenvalue weighted by atomic mass is 32.2. The summed E-state index contributed by atoms with van der Waals surface area (Å²) >= 11 is 0. The Morgan fingerprint density at radius 1 is 1.21 bits per heavy atom. The number of carbonyl (C=O) groups is 1. The van der Waals surface area contributed by atoms with Crippen molar-refractivity contribution in [3.8, 4) is 5.75 Å². The van der Waals surface area contributed by atoms with Crippen LogP contribution in [0.4, 0.5) is 5.69 Å². The van der Waals surface area contributed by atoms with Crippen molar-refractivity contribution >= 4 is 21.6 Å². The molecule has 0 aliphatic heterocycles. The summed E-state index contributed by atoms with van der Waals surface area (Å²) < 4.78 is 31.4. The predicted octanol–water partition coefficient (Wildman–Crippen LogP) is 3.27. The lowest BCUT2D eigenvalue weighted by Crippen LogP contribution is -2.42. The van der Waals surface area contributed by atoms with Crippen molar-refractivity contribution in [1.82, 2.24) is 5.32 Å². The molecule has 0 radical (unpaired) electrons. The molecule has 1 unspecified atom stereocenters. The molecule has 2 aromatic rings. The normalized spacial score (nSPS) is 16.1. The summed E-state index contributed by atoms with van der Waals surface area (Å²) in [6.07, 6.45) is 3.86. The highest BCUT2D eigenvalue weighted by Gasteiger charge is 2.27. The number of rotatable bonds is 6. The van der Waals surface area contributed by atoms with Crippen LogP contribution in [0.1, 0.15) is 41.1 Å². The number of ether oxygens (including phenoxy) is 1. The van der Waals surface area contributed by atoms with E-state index in [1.54, 1.807) is 7.11 Å². The number of hydrogen-bond acceptors (Lipinski definition) is 4. The summed E-state index contributed by atoms with van der Waals surface area (Å²) in [6.45, 7) is 3.46. The molecule has 1 aliphatic rings. The van der Waals surface area contributed by atoms with Crippen LogP contribution in [-0.4, -0.2) is 34.2 Å². The summed E-state index contributed by atoms with van der Waals surface area (Å²) in [4.78, 5) is 12.9. The Morgan fingerprint density at radius 2 is 1.90 bits per heavy atom. The zero-order chi connectivity index (χ0) is 21.2. The van der Waals surface area contributed by atoms with Gasteiger partial charge in [-0.15, -0.1) is 0 Å². The first kappa shape index (κ1) is 21.2. The standard InChI is InChI=1S/C22H28N2O4S/c1-15-7-5-8-16(2)22(15)24(29(4,26)27)14-21(25)23-20-10-6-9-17-13-18(28-3)11-12-19(17)20/h5,7-8,11-13,20H,6,9-10,14H2,1-4H3,(H,23,25). The molecular weight excluding hydrogens is 388 g/mol. The number of para-hydroxylation sites is 1. The maximum absolute atomic E-state index is 12.9. The number of amides is 1. The highest BCUT2D eigenvalue weighted by Crippen LogP contribution is 2.32. The zero-order valence-electron chi connectivity index (χ0n) is 17.4. The molecule has 3 rings (SSSR count). The molecule has 2 aromatic carbocycles. The van der Waals surface area contributed by atoms with Gasteiger partial charge in [-0.3, -0.25) is 9.10 Å². The van der Waals surface area contributed by atoms with Gasteiger partial charge in [0.1, 0.15) is 12.3 Å². The first-order valence-electron chi connectivity index (χ1n) is 9.71. The largest absolute Gasteiger partial charge is 0.497 e. The molecule has 1 amide bonds. The van der Waals surface area contributed by atoms with Gasteiger partial charge < -0.3 is 10.1 Å². The van der Waals surface area contributed by atoms with Crippen LogP contribution in [-0.2, 0) is 21.2 Å². The van der Waals surface area contributed by atoms with E-state index in [1.165, 1.54) is 4.31 Å². The average molecular weight is 417 g/mol. The number of fused-ring (bicyclic) bond motifs is 1. The molecule has 0 spiro atoms. The maximum atomic E-state index is 12.9. The molecule has 1 N–H and O–H groups in total. The Bertz CT molecular complexity index is 997. The molecule has 0 aromatic heterocycles. The zero-order valence-corrected chi connectivity index (χ0v) is 18.2. The second-order valence-corrected chi connectivity index (χ2v) is 9.49. The van der Waals surface area contributed by atoms with Crippen LogP contribution in [0.2, 0.25) is 0 Å². The molecule has 156 valence electrons. The second kappa shape index (κ2) is 8.45. The third kappa shape index (κ3) is 4.72. The van der Waals surface area contributed by atoms with E-state index in [4.69, 9.17) is 4.74 Å². The van der Waals surface area contributed by atoms with Gasteiger partial charge >= 0.3 is 0 Å². The van der Waals surface area contributed by atoms with E-state index < -0.39 is 10.0 Å². The van der Waals surface area contributed by atoms with E-state index in [0.29, 0.717) is 5.69 Å². The number of carbonyl (C=O) groups excluding carboxylic acids is 1. The van der Waals surface area contributed by atoms with Gasteiger partial charge in [-0.25, -0.2) is 8.42 Å². The maximum Gasteiger partial charge on any atom is 0.241 e. The van der Waals surface area contributed by atoms with Crippen molar-refractivity contribution in [2.45, 2.75) is 39.2 Å². The Kier molecular flexibility index (Phi) is 6.17. The van der Waals surface area contributed by atoms with Crippen molar-refractivity contribution in [3.05, 3.63) is 58.7 Å². The summed E-state index contributed by atoms with van der Waals surface area (Å²) in [7, 11) is -1.98. The fourth-order valence-corrected chi connectivity index (χ4v) is 4.97. The minimum Gasteiger partial charge on any atom is -0.497 e. The van der Waals surface area contributed by atoms with Crippen LogP contribution in [0.25, 0.3) is 0 Å². The number of benzene rings is 2. The predicted molar refractivity (Wildman–Crippen MR) is 115 cm³/mol. The van der Waals surface area contributed by atoms with Crippen LogP contribution in [0.3, 0.4) is 0 Å². The molecule has 29 heavy (non-hydrogen) atoms. The van der Waals surface area contributed by atoms with E-state index in [1.807, 2.05) is 50.2 Å². The first-order chi connectivity index (χ1) is 13.7. The summed E-state index contributed by atoms with van der Waals surface area (Å²) in [6, 6.07) is 11.3. The van der Waals surface area contributed by atoms with Gasteiger partial charge in [0.2, 0.25) is 15.9 Å². The SMILES string of the molecule is COc1ccc2c(c1)CCCC2NC(=O)CN(c1c(C)cccc1C)S(C)(=O)=O. The fourth-order valence-electron chi connectivity index (χ4n) is 4.00. The van der Waals surface area contributed by atoms with Crippen molar-refractivity contribution in [2.75, 3.05) is 24.2 Å². The lowest BCUT2D eigenvalue weighted by molar-refractivity contribution is -0.120. The lowest BCUT2D eigenvalue weighted by Gasteiger charge is -2.29. The lowest BCUT2D eigenvalue weighted by atomic mass is 9.87. The number of hydrogen-bond donors (Lipinski definition) is 1. The number of sulfonamides is 1. The van der Waals surface area contributed by atoms with E-state index in [-0.39, 0.29) is 18.5 Å². The van der Waals surface area contributed by atoms with Crippen LogP contribution < -0.4 is 14.4 Å². The molecule has 0 heterocycles. The van der Waals surface area contributed by atoms with Gasteiger partial charge in [0, 0.05) is 0 Å². The van der Waals surface area contributed by atoms with E-state index in [9.17, 15) is 13.2 Å². The number of nitrogens with zero attached hydrogens (tertiary/aromatic N) is 1. The van der Waals surface area contributed by atoms with E-state index in [0.717, 1.165) is 53.5 Å². The second-order valence-electron chi connectivity index (χ2n) is 7.59. The topological polar surface area (TPSA) is 75.7 Å². The average Bonchev–Trinajstić information content (AvgIpc) is 2.66. The van der Waals surface area contributed by atoms with E-state index in [2.05, 4.69) is 5.32 Å². The Balaban J connectivity index is 1.82. The Hall–Kier alpha value is -2.54. The molecule has 1 atom stereocenters. The molecule has 0 fully saturated rings. The van der Waals surface area contributed by atoms with E-state index >= 15 is 0 Å². The minimum atomic E-state index is -3.61. The van der Waals surface area contributed by atoms with Gasteiger partial charge in [0.25, 0.3) is 0 Å². The smallest absolute Gasteiger partial charge is 0.241 e. The molecule has 1 aliphatic carbocycles.